The van der Waals surface area contributed by atoms with Crippen LogP contribution >= 0.6 is 0 Å². The van der Waals surface area contributed by atoms with E-state index in [0.717, 1.165) is 12.1 Å². The SMILES string of the molecule is COc1ccc(/C=C/c2cc([N+](=O)[O-])c(F)c([N+](=O)[O-])c2)cc1O. The fourth-order valence-electron chi connectivity index (χ4n) is 1.98. The van der Waals surface area contributed by atoms with E-state index in [4.69, 9.17) is 4.74 Å². The van der Waals surface area contributed by atoms with Gasteiger partial charge in [0.2, 0.25) is 0 Å². The molecule has 24 heavy (non-hydrogen) atoms. The zero-order valence-electron chi connectivity index (χ0n) is 12.3. The number of benzene rings is 2. The lowest BCUT2D eigenvalue weighted by atomic mass is 10.1. The summed E-state index contributed by atoms with van der Waals surface area (Å²) < 4.78 is 18.6. The summed E-state index contributed by atoms with van der Waals surface area (Å²) in [5.74, 6) is -1.35. The van der Waals surface area contributed by atoms with Gasteiger partial charge >= 0.3 is 11.4 Å². The minimum atomic E-state index is -1.50. The molecule has 0 fully saturated rings. The van der Waals surface area contributed by atoms with Gasteiger partial charge in [0, 0.05) is 12.1 Å². The van der Waals surface area contributed by atoms with Gasteiger partial charge < -0.3 is 9.84 Å². The summed E-state index contributed by atoms with van der Waals surface area (Å²) in [6.45, 7) is 0. The molecule has 0 spiro atoms. The van der Waals surface area contributed by atoms with Crippen molar-refractivity contribution in [3.63, 3.8) is 0 Å². The molecule has 8 nitrogen and oxygen atoms in total. The molecule has 0 heterocycles. The van der Waals surface area contributed by atoms with Crippen LogP contribution in [0.2, 0.25) is 0 Å². The Kier molecular flexibility index (Phi) is 4.73. The Bertz CT molecular complexity index is 815. The molecule has 1 N–H and O–H groups in total. The molecule has 0 saturated carbocycles. The Morgan fingerprint density at radius 2 is 1.58 bits per heavy atom. The van der Waals surface area contributed by atoms with Crippen molar-refractivity contribution in [1.82, 2.24) is 0 Å². The predicted molar refractivity (Wildman–Crippen MR) is 83.3 cm³/mol. The van der Waals surface area contributed by atoms with E-state index in [0.29, 0.717) is 5.56 Å². The average molecular weight is 334 g/mol. The number of ether oxygens (including phenoxy) is 1. The largest absolute Gasteiger partial charge is 0.504 e. The summed E-state index contributed by atoms with van der Waals surface area (Å²) >= 11 is 0. The zero-order valence-corrected chi connectivity index (χ0v) is 12.3. The summed E-state index contributed by atoms with van der Waals surface area (Å²) in [6, 6.07) is 6.26. The number of methoxy groups -OCH3 is 1. The standard InChI is InChI=1S/C15H11FN2O6/c1-24-14-5-4-9(8-13(14)19)2-3-10-6-11(17(20)21)15(16)12(7-10)18(22)23/h2-8,19H,1H3/b3-2+. The van der Waals surface area contributed by atoms with Crippen molar-refractivity contribution in [3.05, 3.63) is 67.5 Å². The summed E-state index contributed by atoms with van der Waals surface area (Å²) in [6.07, 6.45) is 2.79. The molecule has 0 radical (unpaired) electrons. The Labute approximate surface area is 134 Å². The number of hydrogen-bond donors (Lipinski definition) is 1. The number of nitro benzene ring substituents is 2. The van der Waals surface area contributed by atoms with Gasteiger partial charge in [0.05, 0.1) is 17.0 Å². The van der Waals surface area contributed by atoms with E-state index in [1.807, 2.05) is 0 Å². The molecule has 0 aliphatic carbocycles. The molecule has 0 bridgehead atoms. The Morgan fingerprint density at radius 3 is 2.04 bits per heavy atom. The number of nitro groups is 2. The van der Waals surface area contributed by atoms with Crippen molar-refractivity contribution in [2.45, 2.75) is 0 Å². The number of aromatic hydroxyl groups is 1. The maximum Gasteiger partial charge on any atom is 0.312 e. The molecular formula is C15H11FN2O6. The van der Waals surface area contributed by atoms with Gasteiger partial charge in [-0.15, -0.1) is 0 Å². The molecule has 124 valence electrons. The molecule has 0 saturated heterocycles. The second-order valence-corrected chi connectivity index (χ2v) is 4.65. The van der Waals surface area contributed by atoms with Gasteiger partial charge in [0.1, 0.15) is 0 Å². The molecule has 0 atom stereocenters. The summed E-state index contributed by atoms with van der Waals surface area (Å²) in [7, 11) is 1.39. The lowest BCUT2D eigenvalue weighted by Crippen LogP contribution is -1.99. The van der Waals surface area contributed by atoms with Crippen LogP contribution in [-0.4, -0.2) is 22.1 Å². The number of hydrogen-bond acceptors (Lipinski definition) is 6. The molecule has 9 heteroatoms. The van der Waals surface area contributed by atoms with Gasteiger partial charge in [-0.2, -0.15) is 4.39 Å². The summed E-state index contributed by atoms with van der Waals surface area (Å²) in [5, 5.41) is 31.3. The molecular weight excluding hydrogens is 323 g/mol. The average Bonchev–Trinajstić information content (AvgIpc) is 2.53. The van der Waals surface area contributed by atoms with Crippen LogP contribution in [0, 0.1) is 26.0 Å². The van der Waals surface area contributed by atoms with Gasteiger partial charge in [-0.25, -0.2) is 0 Å². The molecule has 2 aromatic carbocycles. The summed E-state index contributed by atoms with van der Waals surface area (Å²) in [5.41, 5.74) is -1.38. The van der Waals surface area contributed by atoms with Crippen molar-refractivity contribution in [2.75, 3.05) is 7.11 Å². The number of halogens is 1. The first-order valence-corrected chi connectivity index (χ1v) is 6.51. The highest BCUT2D eigenvalue weighted by Crippen LogP contribution is 2.30. The van der Waals surface area contributed by atoms with Gasteiger partial charge in [-0.1, -0.05) is 18.2 Å². The number of phenolic OH excluding ortho intramolecular Hbond substituents is 1. The van der Waals surface area contributed by atoms with E-state index in [-0.39, 0.29) is 17.1 Å². The highest BCUT2D eigenvalue weighted by molar-refractivity contribution is 5.73. The van der Waals surface area contributed by atoms with E-state index in [1.165, 1.54) is 31.4 Å². The predicted octanol–water partition coefficient (Wildman–Crippen LogP) is 3.53. The van der Waals surface area contributed by atoms with Crippen LogP contribution < -0.4 is 4.74 Å². The van der Waals surface area contributed by atoms with Gasteiger partial charge in [-0.3, -0.25) is 20.2 Å². The monoisotopic (exact) mass is 334 g/mol. The van der Waals surface area contributed by atoms with E-state index in [1.54, 1.807) is 6.07 Å². The lowest BCUT2D eigenvalue weighted by Gasteiger charge is -2.03. The van der Waals surface area contributed by atoms with Crippen LogP contribution in [0.25, 0.3) is 12.2 Å². The first-order valence-electron chi connectivity index (χ1n) is 6.51. The third kappa shape index (κ3) is 3.46. The van der Waals surface area contributed by atoms with E-state index < -0.39 is 27.0 Å². The molecule has 0 amide bonds. The maximum absolute atomic E-state index is 13.7. The van der Waals surface area contributed by atoms with Crippen molar-refractivity contribution in [2.24, 2.45) is 0 Å². The van der Waals surface area contributed by atoms with E-state index >= 15 is 0 Å². The van der Waals surface area contributed by atoms with Crippen LogP contribution in [0.5, 0.6) is 11.5 Å². The highest BCUT2D eigenvalue weighted by Gasteiger charge is 2.26. The first kappa shape index (κ1) is 16.9. The Hall–Kier alpha value is -3.49. The first-order chi connectivity index (χ1) is 11.3. The van der Waals surface area contributed by atoms with Crippen LogP contribution in [0.1, 0.15) is 11.1 Å². The normalized spacial score (nSPS) is 10.8. The number of nitrogens with zero attached hydrogens (tertiary/aromatic N) is 2. The quantitative estimate of drug-likeness (QED) is 0.508. The van der Waals surface area contributed by atoms with Gasteiger partial charge in [0.15, 0.2) is 11.5 Å². The molecule has 2 aromatic rings. The smallest absolute Gasteiger partial charge is 0.312 e. The van der Waals surface area contributed by atoms with E-state index in [9.17, 15) is 29.7 Å². The molecule has 2 rings (SSSR count). The minimum Gasteiger partial charge on any atom is -0.504 e. The van der Waals surface area contributed by atoms with Crippen molar-refractivity contribution >= 4 is 23.5 Å². The summed E-state index contributed by atoms with van der Waals surface area (Å²) in [4.78, 5) is 19.6. The van der Waals surface area contributed by atoms with Crippen LogP contribution in [0.3, 0.4) is 0 Å². The van der Waals surface area contributed by atoms with Crippen LogP contribution in [-0.2, 0) is 0 Å². The Morgan fingerprint density at radius 1 is 1.04 bits per heavy atom. The minimum absolute atomic E-state index is 0.0742. The van der Waals surface area contributed by atoms with Crippen LogP contribution in [0.4, 0.5) is 15.8 Å². The van der Waals surface area contributed by atoms with Crippen LogP contribution in [0.15, 0.2) is 30.3 Å². The van der Waals surface area contributed by atoms with Crippen molar-refractivity contribution in [1.29, 1.82) is 0 Å². The fourth-order valence-corrected chi connectivity index (χ4v) is 1.98. The highest BCUT2D eigenvalue weighted by atomic mass is 19.1. The molecule has 0 aliphatic heterocycles. The molecule has 0 aromatic heterocycles. The Balaban J connectivity index is 2.43. The molecule has 0 aliphatic rings. The van der Waals surface area contributed by atoms with Crippen molar-refractivity contribution in [3.8, 4) is 11.5 Å². The maximum atomic E-state index is 13.7. The zero-order chi connectivity index (χ0) is 17.9. The molecule has 0 unspecified atom stereocenters. The van der Waals surface area contributed by atoms with Gasteiger partial charge in [-0.05, 0) is 23.3 Å². The number of phenols is 1. The second-order valence-electron chi connectivity index (χ2n) is 4.65. The third-order valence-electron chi connectivity index (χ3n) is 3.12. The lowest BCUT2D eigenvalue weighted by molar-refractivity contribution is -0.399. The van der Waals surface area contributed by atoms with E-state index in [2.05, 4.69) is 0 Å². The third-order valence-corrected chi connectivity index (χ3v) is 3.12. The topological polar surface area (TPSA) is 116 Å². The second kappa shape index (κ2) is 6.73. The number of rotatable bonds is 5. The fraction of sp³-hybridized carbons (Fsp3) is 0.0667. The van der Waals surface area contributed by atoms with Gasteiger partial charge in [0.25, 0.3) is 5.82 Å². The van der Waals surface area contributed by atoms with Crippen molar-refractivity contribution < 1.29 is 24.1 Å².